The van der Waals surface area contributed by atoms with Crippen molar-refractivity contribution in [3.05, 3.63) is 146 Å². The Bertz CT molecular complexity index is 2120. The first-order chi connectivity index (χ1) is 30.1. The minimum Gasteiger partial charge on any atom is -0.489 e. The maximum absolute atomic E-state index is 12.1. The van der Waals surface area contributed by atoms with Crippen molar-refractivity contribution in [1.82, 2.24) is 9.97 Å². The summed E-state index contributed by atoms with van der Waals surface area (Å²) in [5, 5.41) is 24.4. The molecule has 4 rings (SSSR count). The molecule has 2 atom stereocenters. The lowest BCUT2D eigenvalue weighted by molar-refractivity contribution is -0.386. The van der Waals surface area contributed by atoms with Gasteiger partial charge in [-0.3, -0.25) is 20.2 Å². The molecule has 2 aromatic heterocycles. The van der Waals surface area contributed by atoms with Gasteiger partial charge in [0.15, 0.2) is 0 Å². The van der Waals surface area contributed by atoms with Gasteiger partial charge in [-0.05, 0) is 36.4 Å². The molecule has 0 bridgehead atoms. The molecule has 23 heteroatoms. The van der Waals surface area contributed by atoms with Crippen molar-refractivity contribution < 1.29 is 43.0 Å². The minimum atomic E-state index is -1.12. The van der Waals surface area contributed by atoms with E-state index in [0.717, 1.165) is 0 Å². The quantitative estimate of drug-likeness (QED) is 0.0251. The summed E-state index contributed by atoms with van der Waals surface area (Å²) in [4.78, 5) is 31.2. The maximum Gasteiger partial charge on any atom is 0.331 e. The van der Waals surface area contributed by atoms with Crippen LogP contribution < -0.4 is 28.4 Å². The molecule has 0 saturated heterocycles. The molecule has 2 heterocycles. The van der Waals surface area contributed by atoms with E-state index < -0.39 is 45.2 Å². The largest absolute Gasteiger partial charge is 0.489 e. The lowest BCUT2D eigenvalue weighted by Gasteiger charge is -2.23. The zero-order valence-corrected chi connectivity index (χ0v) is 38.5. The molecule has 0 fully saturated rings. The zero-order chi connectivity index (χ0) is 46.1. The maximum atomic E-state index is 12.1. The molecule has 63 heavy (non-hydrogen) atoms. The summed E-state index contributed by atoms with van der Waals surface area (Å²) in [6.45, 7) is 7.13. The van der Waals surface area contributed by atoms with Crippen LogP contribution in [0, 0.1) is 20.2 Å². The third kappa shape index (κ3) is 16.0. The highest BCUT2D eigenvalue weighted by Gasteiger charge is 2.29. The van der Waals surface area contributed by atoms with Crippen LogP contribution in [-0.4, -0.2) is 59.5 Å². The number of pyridine rings is 2. The first-order valence-electron chi connectivity index (χ1n) is 18.1. The zero-order valence-electron chi connectivity index (χ0n) is 32.5. The van der Waals surface area contributed by atoms with Crippen molar-refractivity contribution >= 4 is 104 Å². The summed E-state index contributed by atoms with van der Waals surface area (Å²) in [6.07, 6.45) is 3.48. The molecule has 0 aliphatic carbocycles. The van der Waals surface area contributed by atoms with Crippen molar-refractivity contribution in [2.24, 2.45) is 0 Å². The number of ether oxygens (including phenoxy) is 7. The fourth-order valence-corrected chi connectivity index (χ4v) is 6.99. The number of nitro groups is 2. The summed E-state index contributed by atoms with van der Waals surface area (Å²) in [5.74, 6) is -0.257. The van der Waals surface area contributed by atoms with E-state index in [4.69, 9.17) is 126 Å². The molecule has 0 aliphatic heterocycles. The molecule has 0 spiro atoms. The average molecular weight is 1030 g/mol. The van der Waals surface area contributed by atoms with Gasteiger partial charge < -0.3 is 33.2 Å². The molecule has 0 saturated carbocycles. The summed E-state index contributed by atoms with van der Waals surface area (Å²) in [5.41, 5.74) is -0.516. The number of nitrogens with zero attached hydrogens (tertiary/aromatic N) is 4. The molecule has 336 valence electrons. The Morgan fingerprint density at radius 1 is 0.603 bits per heavy atom. The molecule has 2 unspecified atom stereocenters. The van der Waals surface area contributed by atoms with Crippen molar-refractivity contribution in [2.45, 2.75) is 25.0 Å². The van der Waals surface area contributed by atoms with E-state index in [-0.39, 0.29) is 116 Å². The fraction of sp³-hybridized carbons (Fsp3) is 0.250. The summed E-state index contributed by atoms with van der Waals surface area (Å²) in [6, 6.07) is 10.8. The van der Waals surface area contributed by atoms with Crippen LogP contribution in [0.1, 0.15) is 36.2 Å². The van der Waals surface area contributed by atoms with Crippen LogP contribution in [0.25, 0.3) is 0 Å². The Balaban J connectivity index is 1.66. The Morgan fingerprint density at radius 3 is 1.29 bits per heavy atom. The number of aromatic nitrogens is 2. The smallest absolute Gasteiger partial charge is 0.331 e. The normalized spacial score (nSPS) is 11.7. The molecule has 4 aromatic rings. The first kappa shape index (κ1) is 51.2. The predicted octanol–water partition coefficient (Wildman–Crippen LogP) is 13.2. The van der Waals surface area contributed by atoms with E-state index in [1.54, 1.807) is 0 Å². The van der Waals surface area contributed by atoms with Crippen LogP contribution in [0.3, 0.4) is 0 Å². The van der Waals surface area contributed by atoms with Gasteiger partial charge in [-0.25, -0.2) is 0 Å². The number of hydrogen-bond acceptors (Lipinski definition) is 13. The third-order valence-electron chi connectivity index (χ3n) is 8.00. The molecular weight excluding hydrogens is 996 g/mol. The van der Waals surface area contributed by atoms with Crippen LogP contribution in [0.4, 0.5) is 11.4 Å². The Morgan fingerprint density at radius 2 is 0.968 bits per heavy atom. The van der Waals surface area contributed by atoms with Gasteiger partial charge in [-0.2, -0.15) is 9.97 Å². The summed E-state index contributed by atoms with van der Waals surface area (Å²) in [7, 11) is 0. The number of benzene rings is 2. The second-order valence-electron chi connectivity index (χ2n) is 12.3. The number of hydrogen-bond donors (Lipinski definition) is 0. The monoisotopic (exact) mass is 1030 g/mol. The summed E-state index contributed by atoms with van der Waals surface area (Å²) >= 11 is 49.8. The van der Waals surface area contributed by atoms with Crippen molar-refractivity contribution in [1.29, 1.82) is 0 Å². The van der Waals surface area contributed by atoms with Gasteiger partial charge in [-0.1, -0.05) is 118 Å². The molecule has 2 aromatic carbocycles. The van der Waals surface area contributed by atoms with E-state index in [1.165, 1.54) is 72.8 Å². The Kier molecular flexibility index (Phi) is 20.9. The van der Waals surface area contributed by atoms with Crippen LogP contribution in [0.2, 0.25) is 20.1 Å². The van der Waals surface area contributed by atoms with Gasteiger partial charge >= 0.3 is 11.4 Å². The predicted molar refractivity (Wildman–Crippen MR) is 243 cm³/mol. The Labute approximate surface area is 400 Å². The molecule has 0 aliphatic rings. The molecule has 0 radical (unpaired) electrons. The second-order valence-corrected chi connectivity index (χ2v) is 15.9. The van der Waals surface area contributed by atoms with E-state index >= 15 is 0 Å². The highest BCUT2D eigenvalue weighted by Crippen LogP contribution is 2.42. The standard InChI is InChI=1S/C40H34Cl8N4O11/c1-3-13-60-35-7-5-29(51(53)54)39(49-35)62-31(37-25(41)19-23(20-26(37)42)58-17-11-33(45)46)9-15-57-16-10-32(38-27(43)21-24(22-28(38)44)59-18-12-34(47)48)63-40-30(52(55)56)6-8-36(50-40)61-14-4-2/h3-8,11-12,19-22,31-32H,1-2,9-10,13-18H2. The van der Waals surface area contributed by atoms with E-state index in [2.05, 4.69) is 23.1 Å². The van der Waals surface area contributed by atoms with Crippen LogP contribution in [0.5, 0.6) is 35.0 Å². The molecule has 0 amide bonds. The van der Waals surface area contributed by atoms with Gasteiger partial charge in [0.05, 0.1) is 43.2 Å². The first-order valence-corrected chi connectivity index (χ1v) is 21.1. The average Bonchev–Trinajstić information content (AvgIpc) is 3.21. The van der Waals surface area contributed by atoms with E-state index in [9.17, 15) is 20.2 Å². The number of rotatable bonds is 26. The number of halogens is 8. The second kappa shape index (κ2) is 25.8. The van der Waals surface area contributed by atoms with E-state index in [1.807, 2.05) is 0 Å². The fourth-order valence-electron chi connectivity index (χ4n) is 5.32. The van der Waals surface area contributed by atoms with Gasteiger partial charge in [0.2, 0.25) is 11.8 Å². The van der Waals surface area contributed by atoms with Crippen LogP contribution >= 0.6 is 92.8 Å². The van der Waals surface area contributed by atoms with Crippen molar-refractivity contribution in [2.75, 3.05) is 39.6 Å². The summed E-state index contributed by atoms with van der Waals surface area (Å²) < 4.78 is 40.7. The van der Waals surface area contributed by atoms with Gasteiger partial charge in [0, 0.05) is 48.2 Å². The lowest BCUT2D eigenvalue weighted by Crippen LogP contribution is -2.17. The van der Waals surface area contributed by atoms with Gasteiger partial charge in [0.25, 0.3) is 11.8 Å². The SMILES string of the molecule is C=CCOc1ccc([N+](=O)[O-])c(OC(CCOCCC(Oc2nc(OCC=C)ccc2[N+](=O)[O-])c2c(Cl)cc(OCC=C(Cl)Cl)cc2Cl)c2c(Cl)cc(OCC=C(Cl)Cl)cc2Cl)n1. The highest BCUT2D eigenvalue weighted by molar-refractivity contribution is 6.56. The topological polar surface area (TPSA) is 177 Å². The van der Waals surface area contributed by atoms with Crippen molar-refractivity contribution in [3.8, 4) is 35.0 Å². The lowest BCUT2D eigenvalue weighted by atomic mass is 10.1. The Hall–Kier alpha value is -4.42. The highest BCUT2D eigenvalue weighted by atomic mass is 35.5. The van der Waals surface area contributed by atoms with Crippen LogP contribution in [0.15, 0.2) is 95.0 Å². The molecule has 0 N–H and O–H groups in total. The van der Waals surface area contributed by atoms with Gasteiger partial charge in [-0.15, -0.1) is 0 Å². The van der Waals surface area contributed by atoms with Crippen LogP contribution in [-0.2, 0) is 4.74 Å². The molecule has 15 nitrogen and oxygen atoms in total. The molecular formula is C40H34Cl8N4O11. The van der Waals surface area contributed by atoms with E-state index in [0.29, 0.717) is 0 Å². The minimum absolute atomic E-state index is 0.00576. The van der Waals surface area contributed by atoms with Gasteiger partial charge in [0.1, 0.15) is 59.1 Å². The third-order valence-corrected chi connectivity index (χ3v) is 9.87. The van der Waals surface area contributed by atoms with Crippen molar-refractivity contribution in [3.63, 3.8) is 0 Å².